The number of hydrogen-bond donors (Lipinski definition) is 1. The molecule has 1 N–H and O–H groups in total. The third-order valence-electron chi connectivity index (χ3n) is 4.28. The van der Waals surface area contributed by atoms with Crippen LogP contribution in [0, 0.1) is 11.8 Å². The van der Waals surface area contributed by atoms with Gasteiger partial charge in [-0.1, -0.05) is 26.0 Å². The summed E-state index contributed by atoms with van der Waals surface area (Å²) in [6.45, 7) is 8.82. The molecule has 1 saturated heterocycles. The second-order valence-corrected chi connectivity index (χ2v) is 5.99. The highest BCUT2D eigenvalue weighted by molar-refractivity contribution is 5.87. The maximum absolute atomic E-state index is 11.0. The Balaban J connectivity index is 2.11. The maximum Gasteiger partial charge on any atom is 0.335 e. The molecule has 3 nitrogen and oxygen atoms in total. The summed E-state index contributed by atoms with van der Waals surface area (Å²) in [6, 6.07) is 7.85. The number of rotatable bonds is 3. The summed E-state index contributed by atoms with van der Waals surface area (Å²) >= 11 is 0. The van der Waals surface area contributed by atoms with E-state index in [2.05, 4.69) is 25.7 Å². The Morgan fingerprint density at radius 3 is 2.79 bits per heavy atom. The van der Waals surface area contributed by atoms with E-state index >= 15 is 0 Å². The van der Waals surface area contributed by atoms with Crippen LogP contribution in [0.3, 0.4) is 0 Å². The number of carboxylic acids is 1. The highest BCUT2D eigenvalue weighted by atomic mass is 16.4. The van der Waals surface area contributed by atoms with Gasteiger partial charge in [-0.05, 0) is 42.9 Å². The summed E-state index contributed by atoms with van der Waals surface area (Å²) in [6.07, 6.45) is 1.28. The minimum absolute atomic E-state index is 0.378. The second kappa shape index (κ2) is 5.74. The number of likely N-dealkylation sites (tertiary alicyclic amines) is 1. The number of nitrogens with zero attached hydrogens (tertiary/aromatic N) is 1. The molecule has 0 radical (unpaired) electrons. The van der Waals surface area contributed by atoms with Crippen LogP contribution in [0.1, 0.15) is 43.1 Å². The maximum atomic E-state index is 11.0. The van der Waals surface area contributed by atoms with Crippen molar-refractivity contribution in [3.05, 3.63) is 35.4 Å². The molecule has 1 aromatic carbocycles. The first kappa shape index (κ1) is 14.1. The van der Waals surface area contributed by atoms with Crippen LogP contribution in [-0.4, -0.2) is 28.6 Å². The van der Waals surface area contributed by atoms with Crippen molar-refractivity contribution in [2.24, 2.45) is 11.8 Å². The zero-order valence-corrected chi connectivity index (χ0v) is 12.0. The van der Waals surface area contributed by atoms with Crippen LogP contribution in [0.5, 0.6) is 0 Å². The Morgan fingerprint density at radius 1 is 1.37 bits per heavy atom. The van der Waals surface area contributed by atoms with Gasteiger partial charge in [-0.15, -0.1) is 0 Å². The fourth-order valence-electron chi connectivity index (χ4n) is 3.08. The number of piperidine rings is 1. The van der Waals surface area contributed by atoms with Crippen molar-refractivity contribution in [1.29, 1.82) is 0 Å². The van der Waals surface area contributed by atoms with Crippen molar-refractivity contribution >= 4 is 5.97 Å². The minimum atomic E-state index is -0.852. The van der Waals surface area contributed by atoms with E-state index in [-0.39, 0.29) is 0 Å². The minimum Gasteiger partial charge on any atom is -0.478 e. The van der Waals surface area contributed by atoms with Crippen LogP contribution in [0.4, 0.5) is 0 Å². The summed E-state index contributed by atoms with van der Waals surface area (Å²) in [4.78, 5) is 13.5. The Morgan fingerprint density at radius 2 is 2.11 bits per heavy atom. The first-order chi connectivity index (χ1) is 8.97. The summed E-state index contributed by atoms with van der Waals surface area (Å²) in [7, 11) is 0. The van der Waals surface area contributed by atoms with Crippen LogP contribution in [0.25, 0.3) is 0 Å². The van der Waals surface area contributed by atoms with Gasteiger partial charge in [0.15, 0.2) is 0 Å². The van der Waals surface area contributed by atoms with E-state index in [0.717, 1.165) is 18.7 Å². The normalized spacial score (nSPS) is 28.3. The molecule has 0 bridgehead atoms. The van der Waals surface area contributed by atoms with Crippen molar-refractivity contribution in [3.8, 4) is 0 Å². The monoisotopic (exact) mass is 261 g/mol. The van der Waals surface area contributed by atoms with Gasteiger partial charge in [-0.3, -0.25) is 4.90 Å². The molecule has 3 atom stereocenters. The van der Waals surface area contributed by atoms with Gasteiger partial charge in [-0.2, -0.15) is 0 Å². The van der Waals surface area contributed by atoms with Crippen molar-refractivity contribution < 1.29 is 9.90 Å². The lowest BCUT2D eigenvalue weighted by molar-refractivity contribution is 0.0691. The van der Waals surface area contributed by atoms with Crippen LogP contribution in [0.15, 0.2) is 24.3 Å². The van der Waals surface area contributed by atoms with Gasteiger partial charge in [0, 0.05) is 19.1 Å². The molecule has 0 amide bonds. The highest BCUT2D eigenvalue weighted by Crippen LogP contribution is 2.28. The number of carbonyl (C=O) groups is 1. The first-order valence-corrected chi connectivity index (χ1v) is 7.03. The van der Waals surface area contributed by atoms with Crippen LogP contribution >= 0.6 is 0 Å². The van der Waals surface area contributed by atoms with Crippen molar-refractivity contribution in [2.45, 2.75) is 39.8 Å². The Kier molecular flexibility index (Phi) is 4.25. The Hall–Kier alpha value is -1.35. The lowest BCUT2D eigenvalue weighted by Crippen LogP contribution is -2.45. The largest absolute Gasteiger partial charge is 0.478 e. The molecule has 3 heteroatoms. The zero-order valence-electron chi connectivity index (χ0n) is 12.0. The molecule has 0 aromatic heterocycles. The van der Waals surface area contributed by atoms with E-state index in [0.29, 0.717) is 23.4 Å². The fraction of sp³-hybridized carbons (Fsp3) is 0.562. The topological polar surface area (TPSA) is 40.5 Å². The van der Waals surface area contributed by atoms with Gasteiger partial charge in [0.25, 0.3) is 0 Å². The van der Waals surface area contributed by atoms with Gasteiger partial charge in [0.05, 0.1) is 5.56 Å². The molecule has 0 aliphatic carbocycles. The third-order valence-corrected chi connectivity index (χ3v) is 4.28. The number of benzene rings is 1. The highest BCUT2D eigenvalue weighted by Gasteiger charge is 2.28. The first-order valence-electron chi connectivity index (χ1n) is 7.03. The van der Waals surface area contributed by atoms with Crippen LogP contribution < -0.4 is 0 Å². The molecule has 1 aliphatic rings. The van der Waals surface area contributed by atoms with Crippen molar-refractivity contribution in [1.82, 2.24) is 4.90 Å². The van der Waals surface area contributed by atoms with E-state index in [4.69, 9.17) is 5.11 Å². The van der Waals surface area contributed by atoms with Gasteiger partial charge < -0.3 is 5.11 Å². The van der Waals surface area contributed by atoms with E-state index in [1.54, 1.807) is 12.1 Å². The molecule has 19 heavy (non-hydrogen) atoms. The fourth-order valence-corrected chi connectivity index (χ4v) is 3.08. The molecule has 1 fully saturated rings. The summed E-state index contributed by atoms with van der Waals surface area (Å²) in [5.74, 6) is 0.565. The second-order valence-electron chi connectivity index (χ2n) is 5.99. The average molecular weight is 261 g/mol. The summed E-state index contributed by atoms with van der Waals surface area (Å²) in [5, 5.41) is 9.04. The van der Waals surface area contributed by atoms with Gasteiger partial charge >= 0.3 is 5.97 Å². The van der Waals surface area contributed by atoms with Crippen molar-refractivity contribution in [3.63, 3.8) is 0 Å². The molecule has 1 heterocycles. The smallest absolute Gasteiger partial charge is 0.335 e. The lowest BCUT2D eigenvalue weighted by Gasteiger charge is -2.41. The van der Waals surface area contributed by atoms with E-state index in [1.165, 1.54) is 6.42 Å². The van der Waals surface area contributed by atoms with Crippen LogP contribution in [0.2, 0.25) is 0 Å². The summed E-state index contributed by atoms with van der Waals surface area (Å²) < 4.78 is 0. The predicted octanol–water partition coefficient (Wildman–Crippen LogP) is 3.25. The number of aromatic carboxylic acids is 1. The van der Waals surface area contributed by atoms with E-state index in [9.17, 15) is 4.79 Å². The Labute approximate surface area is 115 Å². The van der Waals surface area contributed by atoms with Gasteiger partial charge in [-0.25, -0.2) is 4.79 Å². The standard InChI is InChI=1S/C16H23NO2/c1-11-7-12(2)13(3)17(9-11)10-14-5-4-6-15(8-14)16(18)19/h4-6,8,11-13H,7,9-10H2,1-3H3,(H,18,19). The number of hydrogen-bond acceptors (Lipinski definition) is 2. The summed E-state index contributed by atoms with van der Waals surface area (Å²) in [5.41, 5.74) is 1.47. The van der Waals surface area contributed by atoms with Crippen molar-refractivity contribution in [2.75, 3.05) is 6.54 Å². The number of carboxylic acid groups (broad SMARTS) is 1. The zero-order chi connectivity index (χ0) is 14.0. The molecule has 104 valence electrons. The molecule has 0 spiro atoms. The SMILES string of the molecule is CC1CC(C)C(C)N(Cc2cccc(C(=O)O)c2)C1. The molecule has 1 aromatic rings. The Bertz CT molecular complexity index is 458. The lowest BCUT2D eigenvalue weighted by atomic mass is 9.86. The average Bonchev–Trinajstić information content (AvgIpc) is 2.35. The molecule has 2 rings (SSSR count). The molecule has 1 aliphatic heterocycles. The predicted molar refractivity (Wildman–Crippen MR) is 76.2 cm³/mol. The van der Waals surface area contributed by atoms with Crippen LogP contribution in [-0.2, 0) is 6.54 Å². The van der Waals surface area contributed by atoms with Gasteiger partial charge in [0.1, 0.15) is 0 Å². The molecular formula is C16H23NO2. The molecular weight excluding hydrogens is 238 g/mol. The quantitative estimate of drug-likeness (QED) is 0.908. The third kappa shape index (κ3) is 3.35. The van der Waals surface area contributed by atoms with E-state index < -0.39 is 5.97 Å². The molecule has 3 unspecified atom stereocenters. The van der Waals surface area contributed by atoms with Gasteiger partial charge in [0.2, 0.25) is 0 Å². The molecule has 0 saturated carbocycles. The van der Waals surface area contributed by atoms with E-state index in [1.807, 2.05) is 12.1 Å².